The van der Waals surface area contributed by atoms with Gasteiger partial charge in [0.25, 0.3) is 0 Å². The number of carbonyl (C=O) groups is 2. The van der Waals surface area contributed by atoms with Crippen molar-refractivity contribution in [2.45, 2.75) is 45.7 Å². The SMILES string of the molecule is CCc1ccc(CNC(=O)N2CCC[C@H](NC(C)=O)C2)s1. The van der Waals surface area contributed by atoms with Crippen molar-refractivity contribution in [1.29, 1.82) is 0 Å². The third kappa shape index (κ3) is 4.74. The van der Waals surface area contributed by atoms with Gasteiger partial charge in [-0.15, -0.1) is 11.3 Å². The molecular formula is C15H23N3O2S. The fourth-order valence-electron chi connectivity index (χ4n) is 2.55. The topological polar surface area (TPSA) is 61.4 Å². The first-order valence-electron chi connectivity index (χ1n) is 7.46. The maximum absolute atomic E-state index is 12.2. The van der Waals surface area contributed by atoms with Crippen molar-refractivity contribution in [3.05, 3.63) is 21.9 Å². The van der Waals surface area contributed by atoms with Crippen molar-refractivity contribution in [2.75, 3.05) is 13.1 Å². The highest BCUT2D eigenvalue weighted by atomic mass is 32.1. The van der Waals surface area contributed by atoms with E-state index in [1.165, 1.54) is 16.7 Å². The summed E-state index contributed by atoms with van der Waals surface area (Å²) in [6.07, 6.45) is 2.90. The Hall–Kier alpha value is -1.56. The lowest BCUT2D eigenvalue weighted by Gasteiger charge is -2.32. The number of nitrogens with zero attached hydrogens (tertiary/aromatic N) is 1. The minimum Gasteiger partial charge on any atom is -0.352 e. The number of aryl methyl sites for hydroxylation is 1. The summed E-state index contributed by atoms with van der Waals surface area (Å²) >= 11 is 1.74. The fourth-order valence-corrected chi connectivity index (χ4v) is 3.45. The van der Waals surface area contributed by atoms with Gasteiger partial charge in [0.15, 0.2) is 0 Å². The molecule has 5 nitrogen and oxygen atoms in total. The van der Waals surface area contributed by atoms with E-state index in [4.69, 9.17) is 0 Å². The van der Waals surface area contributed by atoms with Gasteiger partial charge in [0.2, 0.25) is 5.91 Å². The lowest BCUT2D eigenvalue weighted by atomic mass is 10.1. The van der Waals surface area contributed by atoms with Crippen LogP contribution in [0.25, 0.3) is 0 Å². The molecule has 3 amide bonds. The number of amides is 3. The number of thiophene rings is 1. The monoisotopic (exact) mass is 309 g/mol. The van der Waals surface area contributed by atoms with Gasteiger partial charge in [0.05, 0.1) is 6.54 Å². The van der Waals surface area contributed by atoms with Crippen LogP contribution in [0, 0.1) is 0 Å². The van der Waals surface area contributed by atoms with Crippen LogP contribution in [-0.4, -0.2) is 36.0 Å². The van der Waals surface area contributed by atoms with Crippen LogP contribution in [0.4, 0.5) is 4.79 Å². The first kappa shape index (κ1) is 15.8. The van der Waals surface area contributed by atoms with Crippen LogP contribution in [0.1, 0.15) is 36.4 Å². The summed E-state index contributed by atoms with van der Waals surface area (Å²) < 4.78 is 0. The number of carbonyl (C=O) groups excluding carboxylic acids is 2. The van der Waals surface area contributed by atoms with Gasteiger partial charge in [-0.25, -0.2) is 4.79 Å². The Kier molecular flexibility index (Phi) is 5.61. The first-order chi connectivity index (χ1) is 10.1. The smallest absolute Gasteiger partial charge is 0.317 e. The lowest BCUT2D eigenvalue weighted by molar-refractivity contribution is -0.119. The Morgan fingerprint density at radius 2 is 2.14 bits per heavy atom. The summed E-state index contributed by atoms with van der Waals surface area (Å²) in [4.78, 5) is 27.6. The number of hydrogen-bond donors (Lipinski definition) is 2. The summed E-state index contributed by atoms with van der Waals surface area (Å²) in [5, 5.41) is 5.86. The quantitative estimate of drug-likeness (QED) is 0.895. The molecule has 0 aliphatic carbocycles. The minimum absolute atomic E-state index is 0.0343. The Bertz CT molecular complexity index is 501. The van der Waals surface area contributed by atoms with Crippen LogP contribution in [0.15, 0.2) is 12.1 Å². The van der Waals surface area contributed by atoms with E-state index >= 15 is 0 Å². The Balaban J connectivity index is 1.80. The predicted octanol–water partition coefficient (Wildman–Crippen LogP) is 2.12. The third-order valence-corrected chi connectivity index (χ3v) is 4.83. The molecule has 1 aliphatic heterocycles. The lowest BCUT2D eigenvalue weighted by Crippen LogP contribution is -2.51. The van der Waals surface area contributed by atoms with E-state index in [1.54, 1.807) is 16.2 Å². The van der Waals surface area contributed by atoms with Crippen LogP contribution in [0.2, 0.25) is 0 Å². The zero-order valence-corrected chi connectivity index (χ0v) is 13.5. The molecule has 1 aromatic heterocycles. The normalized spacial score (nSPS) is 18.4. The van der Waals surface area contributed by atoms with Crippen molar-refractivity contribution >= 4 is 23.3 Å². The van der Waals surface area contributed by atoms with Gasteiger partial charge in [-0.05, 0) is 31.4 Å². The summed E-state index contributed by atoms with van der Waals surface area (Å²) in [5.74, 6) is -0.0343. The standard InChI is InChI=1S/C15H23N3O2S/c1-3-13-6-7-14(21-13)9-16-15(20)18-8-4-5-12(10-18)17-11(2)19/h6-7,12H,3-5,8-10H2,1-2H3,(H,16,20)(H,17,19)/t12-/m0/s1. The average molecular weight is 309 g/mol. The number of piperidine rings is 1. The van der Waals surface area contributed by atoms with E-state index < -0.39 is 0 Å². The van der Waals surface area contributed by atoms with Crippen molar-refractivity contribution < 1.29 is 9.59 Å². The van der Waals surface area contributed by atoms with Crippen LogP contribution in [-0.2, 0) is 17.8 Å². The van der Waals surface area contributed by atoms with E-state index in [-0.39, 0.29) is 18.0 Å². The molecule has 116 valence electrons. The molecule has 2 heterocycles. The van der Waals surface area contributed by atoms with Gasteiger partial charge >= 0.3 is 6.03 Å². The molecule has 6 heteroatoms. The summed E-state index contributed by atoms with van der Waals surface area (Å²) in [6.45, 7) is 5.57. The van der Waals surface area contributed by atoms with E-state index in [1.807, 2.05) is 0 Å². The van der Waals surface area contributed by atoms with Crippen molar-refractivity contribution in [3.63, 3.8) is 0 Å². The number of likely N-dealkylation sites (tertiary alicyclic amines) is 1. The zero-order chi connectivity index (χ0) is 15.2. The molecule has 0 bridgehead atoms. The van der Waals surface area contributed by atoms with Crippen molar-refractivity contribution in [2.24, 2.45) is 0 Å². The summed E-state index contributed by atoms with van der Waals surface area (Å²) in [5.41, 5.74) is 0. The molecular weight excluding hydrogens is 286 g/mol. The molecule has 21 heavy (non-hydrogen) atoms. The highest BCUT2D eigenvalue weighted by Gasteiger charge is 2.23. The second-order valence-corrected chi connectivity index (χ2v) is 6.62. The highest BCUT2D eigenvalue weighted by Crippen LogP contribution is 2.17. The molecule has 0 aromatic carbocycles. The fraction of sp³-hybridized carbons (Fsp3) is 0.600. The van der Waals surface area contributed by atoms with E-state index in [2.05, 4.69) is 29.7 Å². The minimum atomic E-state index is -0.0449. The van der Waals surface area contributed by atoms with Gasteiger partial charge in [-0.1, -0.05) is 6.92 Å². The number of urea groups is 1. The van der Waals surface area contributed by atoms with Gasteiger partial charge < -0.3 is 15.5 Å². The van der Waals surface area contributed by atoms with Gasteiger partial charge in [-0.3, -0.25) is 4.79 Å². The summed E-state index contributed by atoms with van der Waals surface area (Å²) in [7, 11) is 0. The molecule has 0 spiro atoms. The predicted molar refractivity (Wildman–Crippen MR) is 84.3 cm³/mol. The number of hydrogen-bond acceptors (Lipinski definition) is 3. The molecule has 0 saturated carbocycles. The van der Waals surface area contributed by atoms with Gasteiger partial charge in [-0.2, -0.15) is 0 Å². The molecule has 1 aromatic rings. The number of nitrogens with one attached hydrogen (secondary N) is 2. The summed E-state index contributed by atoms with van der Waals surface area (Å²) in [6, 6.07) is 4.21. The van der Waals surface area contributed by atoms with Crippen LogP contribution in [0.3, 0.4) is 0 Å². The molecule has 1 saturated heterocycles. The Morgan fingerprint density at radius 1 is 1.38 bits per heavy atom. The average Bonchev–Trinajstić information content (AvgIpc) is 2.92. The molecule has 1 fully saturated rings. The van der Waals surface area contributed by atoms with Crippen molar-refractivity contribution in [1.82, 2.24) is 15.5 Å². The largest absolute Gasteiger partial charge is 0.352 e. The molecule has 0 unspecified atom stereocenters. The highest BCUT2D eigenvalue weighted by molar-refractivity contribution is 7.11. The Labute approximate surface area is 129 Å². The Morgan fingerprint density at radius 3 is 2.81 bits per heavy atom. The maximum atomic E-state index is 12.2. The molecule has 1 atom stereocenters. The molecule has 2 rings (SSSR count). The third-order valence-electron chi connectivity index (χ3n) is 3.60. The first-order valence-corrected chi connectivity index (χ1v) is 8.27. The van der Waals surface area contributed by atoms with Crippen molar-refractivity contribution in [3.8, 4) is 0 Å². The second-order valence-electron chi connectivity index (χ2n) is 5.37. The van der Waals surface area contributed by atoms with E-state index in [9.17, 15) is 9.59 Å². The molecule has 2 N–H and O–H groups in total. The van der Waals surface area contributed by atoms with E-state index in [0.717, 1.165) is 25.8 Å². The second kappa shape index (κ2) is 7.45. The van der Waals surface area contributed by atoms with Crippen LogP contribution >= 0.6 is 11.3 Å². The van der Waals surface area contributed by atoms with E-state index in [0.29, 0.717) is 13.1 Å². The number of rotatable bonds is 4. The molecule has 1 aliphatic rings. The maximum Gasteiger partial charge on any atom is 0.317 e. The zero-order valence-electron chi connectivity index (χ0n) is 12.6. The van der Waals surface area contributed by atoms with Gasteiger partial charge in [0, 0.05) is 35.8 Å². The van der Waals surface area contributed by atoms with Gasteiger partial charge in [0.1, 0.15) is 0 Å². The van der Waals surface area contributed by atoms with Crippen LogP contribution < -0.4 is 10.6 Å². The van der Waals surface area contributed by atoms with Crippen LogP contribution in [0.5, 0.6) is 0 Å². The molecule has 0 radical (unpaired) electrons.